The van der Waals surface area contributed by atoms with E-state index in [1.165, 1.54) is 46.8 Å². The Morgan fingerprint density at radius 2 is 2.03 bits per heavy atom. The van der Waals surface area contributed by atoms with E-state index < -0.39 is 16.9 Å². The third-order valence-electron chi connectivity index (χ3n) is 5.06. The van der Waals surface area contributed by atoms with Gasteiger partial charge in [-0.3, -0.25) is 14.2 Å². The van der Waals surface area contributed by atoms with Crippen LogP contribution >= 0.6 is 11.6 Å². The van der Waals surface area contributed by atoms with E-state index in [0.29, 0.717) is 16.7 Å². The van der Waals surface area contributed by atoms with Crippen LogP contribution in [0.2, 0.25) is 5.02 Å². The van der Waals surface area contributed by atoms with E-state index >= 15 is 0 Å². The highest BCUT2D eigenvalue weighted by Crippen LogP contribution is 2.29. The van der Waals surface area contributed by atoms with Gasteiger partial charge in [-0.25, -0.2) is 14.8 Å². The minimum atomic E-state index is -0.597. The molecule has 0 saturated heterocycles. The number of rotatable bonds is 4. The van der Waals surface area contributed by atoms with Crippen molar-refractivity contribution in [2.24, 2.45) is 12.1 Å². The van der Waals surface area contributed by atoms with Crippen LogP contribution in [-0.2, 0) is 7.05 Å². The molecule has 0 radical (unpaired) electrons. The molecule has 3 aromatic rings. The fourth-order valence-corrected chi connectivity index (χ4v) is 3.73. The minimum absolute atomic E-state index is 0.00240. The fourth-order valence-electron chi connectivity index (χ4n) is 3.54. The Bertz CT molecular complexity index is 1230. The standard InChI is InChI=1S/C19H18ClFN6O2/c1-26-15-10-22-19(25-23-9-11-6-7-14(21)13(20)8-11)24-16(15)27(18(29)17(26)28)12-4-2-3-5-12/h6-10,12H,2-5H2,1H3,(H,22,24,25). The van der Waals surface area contributed by atoms with Crippen LogP contribution in [0.15, 0.2) is 39.1 Å². The Kier molecular flexibility index (Phi) is 5.14. The molecule has 1 aromatic carbocycles. The molecule has 0 bridgehead atoms. The number of hydrogen-bond donors (Lipinski definition) is 1. The topological polar surface area (TPSA) is 94.2 Å². The Morgan fingerprint density at radius 1 is 1.28 bits per heavy atom. The molecule has 1 aliphatic carbocycles. The lowest BCUT2D eigenvalue weighted by Crippen LogP contribution is -2.42. The molecule has 0 amide bonds. The first-order chi connectivity index (χ1) is 14.0. The molecule has 0 unspecified atom stereocenters. The number of fused-ring (bicyclic) bond motifs is 1. The molecule has 0 spiro atoms. The first kappa shape index (κ1) is 19.3. The summed E-state index contributed by atoms with van der Waals surface area (Å²) in [5, 5.41) is 4.04. The van der Waals surface area contributed by atoms with Gasteiger partial charge >= 0.3 is 11.1 Å². The number of hydrazone groups is 1. The van der Waals surface area contributed by atoms with Crippen LogP contribution in [-0.4, -0.2) is 25.3 Å². The van der Waals surface area contributed by atoms with Crippen molar-refractivity contribution in [2.75, 3.05) is 5.43 Å². The Labute approximate surface area is 169 Å². The zero-order chi connectivity index (χ0) is 20.5. The molecule has 10 heteroatoms. The van der Waals surface area contributed by atoms with Crippen LogP contribution in [0.1, 0.15) is 37.3 Å². The molecular formula is C19H18ClFN6O2. The lowest BCUT2D eigenvalue weighted by atomic mass is 10.2. The predicted molar refractivity (Wildman–Crippen MR) is 109 cm³/mol. The molecule has 2 heterocycles. The van der Waals surface area contributed by atoms with E-state index in [4.69, 9.17) is 11.6 Å². The van der Waals surface area contributed by atoms with Crippen molar-refractivity contribution in [1.82, 2.24) is 19.1 Å². The highest BCUT2D eigenvalue weighted by Gasteiger charge is 2.23. The van der Waals surface area contributed by atoms with Crippen molar-refractivity contribution in [3.63, 3.8) is 0 Å². The van der Waals surface area contributed by atoms with E-state index in [2.05, 4.69) is 20.5 Å². The number of anilines is 1. The summed E-state index contributed by atoms with van der Waals surface area (Å²) >= 11 is 5.76. The number of benzene rings is 1. The monoisotopic (exact) mass is 416 g/mol. The number of halogens is 2. The summed E-state index contributed by atoms with van der Waals surface area (Å²) in [6.07, 6.45) is 6.62. The Balaban J connectivity index is 1.71. The maximum absolute atomic E-state index is 13.2. The molecular weight excluding hydrogens is 399 g/mol. The molecule has 1 aliphatic rings. The molecule has 2 aromatic heterocycles. The molecule has 0 aliphatic heterocycles. The number of nitrogens with zero attached hydrogens (tertiary/aromatic N) is 5. The van der Waals surface area contributed by atoms with Gasteiger partial charge in [0.2, 0.25) is 5.95 Å². The molecule has 4 rings (SSSR count). The number of aryl methyl sites for hydroxylation is 1. The number of nitrogens with one attached hydrogen (secondary N) is 1. The molecule has 8 nitrogen and oxygen atoms in total. The molecule has 29 heavy (non-hydrogen) atoms. The van der Waals surface area contributed by atoms with Gasteiger partial charge in [-0.2, -0.15) is 10.1 Å². The quantitative estimate of drug-likeness (QED) is 0.401. The summed E-state index contributed by atoms with van der Waals surface area (Å²) < 4.78 is 16.0. The maximum Gasteiger partial charge on any atom is 0.318 e. The van der Waals surface area contributed by atoms with Gasteiger partial charge in [0.1, 0.15) is 11.3 Å². The van der Waals surface area contributed by atoms with Crippen LogP contribution < -0.4 is 16.5 Å². The fraction of sp³-hybridized carbons (Fsp3) is 0.316. The second-order valence-corrected chi connectivity index (χ2v) is 7.33. The maximum atomic E-state index is 13.2. The number of aromatic nitrogens is 4. The second-order valence-electron chi connectivity index (χ2n) is 6.92. The van der Waals surface area contributed by atoms with Crippen molar-refractivity contribution in [2.45, 2.75) is 31.7 Å². The molecule has 150 valence electrons. The smallest absolute Gasteiger partial charge is 0.303 e. The highest BCUT2D eigenvalue weighted by molar-refractivity contribution is 6.31. The van der Waals surface area contributed by atoms with Crippen LogP contribution in [0.4, 0.5) is 10.3 Å². The van der Waals surface area contributed by atoms with Crippen LogP contribution in [0.25, 0.3) is 11.2 Å². The van der Waals surface area contributed by atoms with E-state index in [-0.39, 0.29) is 17.0 Å². The van der Waals surface area contributed by atoms with E-state index in [1.54, 1.807) is 0 Å². The minimum Gasteiger partial charge on any atom is -0.303 e. The summed E-state index contributed by atoms with van der Waals surface area (Å²) in [7, 11) is 1.53. The van der Waals surface area contributed by atoms with Gasteiger partial charge in [-0.1, -0.05) is 30.5 Å². The van der Waals surface area contributed by atoms with Crippen molar-refractivity contribution in [3.05, 3.63) is 61.5 Å². The summed E-state index contributed by atoms with van der Waals surface area (Å²) in [4.78, 5) is 33.6. The van der Waals surface area contributed by atoms with E-state index in [0.717, 1.165) is 25.7 Å². The second kappa shape index (κ2) is 7.75. The number of hydrogen-bond acceptors (Lipinski definition) is 6. The first-order valence-corrected chi connectivity index (χ1v) is 9.56. The lowest BCUT2D eigenvalue weighted by molar-refractivity contribution is 0.507. The third kappa shape index (κ3) is 3.65. The average molecular weight is 417 g/mol. The van der Waals surface area contributed by atoms with E-state index in [1.807, 2.05) is 0 Å². The van der Waals surface area contributed by atoms with Gasteiger partial charge in [-0.15, -0.1) is 0 Å². The summed E-state index contributed by atoms with van der Waals surface area (Å²) in [6, 6.07) is 4.17. The van der Waals surface area contributed by atoms with Gasteiger partial charge in [0.15, 0.2) is 5.65 Å². The Morgan fingerprint density at radius 3 is 2.76 bits per heavy atom. The lowest BCUT2D eigenvalue weighted by Gasteiger charge is -2.17. The third-order valence-corrected chi connectivity index (χ3v) is 5.35. The van der Waals surface area contributed by atoms with Gasteiger partial charge in [0.25, 0.3) is 0 Å². The van der Waals surface area contributed by atoms with Crippen LogP contribution in [0.3, 0.4) is 0 Å². The molecule has 1 fully saturated rings. The SMILES string of the molecule is Cn1c(=O)c(=O)n(C2CCCC2)c2nc(NN=Cc3ccc(F)c(Cl)c3)ncc21. The van der Waals surface area contributed by atoms with Crippen molar-refractivity contribution in [1.29, 1.82) is 0 Å². The molecule has 1 saturated carbocycles. The van der Waals surface area contributed by atoms with E-state index in [9.17, 15) is 14.0 Å². The summed E-state index contributed by atoms with van der Waals surface area (Å²) in [5.74, 6) is -0.336. The normalized spacial score (nSPS) is 14.9. The first-order valence-electron chi connectivity index (χ1n) is 9.18. The molecule has 1 N–H and O–H groups in total. The average Bonchev–Trinajstić information content (AvgIpc) is 3.23. The Hall–Kier alpha value is -3.07. The van der Waals surface area contributed by atoms with Crippen molar-refractivity contribution < 1.29 is 4.39 Å². The van der Waals surface area contributed by atoms with Crippen LogP contribution in [0.5, 0.6) is 0 Å². The van der Waals surface area contributed by atoms with Gasteiger partial charge in [0, 0.05) is 13.1 Å². The summed E-state index contributed by atoms with van der Waals surface area (Å²) in [6.45, 7) is 0. The van der Waals surface area contributed by atoms with Crippen LogP contribution in [0, 0.1) is 5.82 Å². The largest absolute Gasteiger partial charge is 0.318 e. The molecule has 0 atom stereocenters. The van der Waals surface area contributed by atoms with Gasteiger partial charge in [-0.05, 0) is 30.5 Å². The van der Waals surface area contributed by atoms with Gasteiger partial charge < -0.3 is 4.57 Å². The zero-order valence-corrected chi connectivity index (χ0v) is 16.4. The predicted octanol–water partition coefficient (Wildman–Crippen LogP) is 2.84. The van der Waals surface area contributed by atoms with Crippen molar-refractivity contribution in [3.8, 4) is 0 Å². The summed E-state index contributed by atoms with van der Waals surface area (Å²) in [5.41, 5.74) is 2.97. The zero-order valence-electron chi connectivity index (χ0n) is 15.6. The highest BCUT2D eigenvalue weighted by atomic mass is 35.5. The van der Waals surface area contributed by atoms with Gasteiger partial charge in [0.05, 0.1) is 17.4 Å². The van der Waals surface area contributed by atoms with Crippen molar-refractivity contribution >= 4 is 34.9 Å².